The number of nitrogens with one attached hydrogen (secondary N) is 1. The summed E-state index contributed by atoms with van der Waals surface area (Å²) >= 11 is 0. The van der Waals surface area contributed by atoms with E-state index >= 15 is 0 Å². The van der Waals surface area contributed by atoms with Gasteiger partial charge in [0.15, 0.2) is 0 Å². The molecule has 2 rings (SSSR count). The Labute approximate surface area is 122 Å². The fourth-order valence-corrected chi connectivity index (χ4v) is 2.39. The van der Waals surface area contributed by atoms with Crippen LogP contribution in [0.1, 0.15) is 49.9 Å². The molecule has 1 unspecified atom stereocenters. The lowest BCUT2D eigenvalue weighted by Crippen LogP contribution is -2.01. The van der Waals surface area contributed by atoms with Gasteiger partial charge < -0.3 is 5.32 Å². The Bertz CT molecular complexity index is 540. The van der Waals surface area contributed by atoms with E-state index in [-0.39, 0.29) is 0 Å². The number of aryl methyl sites for hydroxylation is 2. The first-order valence-corrected chi connectivity index (χ1v) is 7.49. The lowest BCUT2D eigenvalue weighted by molar-refractivity contribution is 0.734. The molecular formula is C17H25N3. The minimum Gasteiger partial charge on any atom is -0.381 e. The Kier molecular flexibility index (Phi) is 4.83. The van der Waals surface area contributed by atoms with Gasteiger partial charge in [-0.05, 0) is 36.5 Å². The molecule has 3 heteroatoms. The molecule has 0 saturated heterocycles. The van der Waals surface area contributed by atoms with Crippen LogP contribution in [-0.4, -0.2) is 9.78 Å². The van der Waals surface area contributed by atoms with E-state index in [1.807, 2.05) is 11.7 Å². The van der Waals surface area contributed by atoms with Gasteiger partial charge in [-0.25, -0.2) is 0 Å². The van der Waals surface area contributed by atoms with Crippen molar-refractivity contribution in [2.45, 2.75) is 46.1 Å². The Hall–Kier alpha value is -1.77. The number of anilines is 1. The molecule has 1 N–H and O–H groups in total. The zero-order valence-corrected chi connectivity index (χ0v) is 13.0. The summed E-state index contributed by atoms with van der Waals surface area (Å²) in [5, 5.41) is 7.95. The van der Waals surface area contributed by atoms with E-state index in [0.717, 1.165) is 13.0 Å². The van der Waals surface area contributed by atoms with Gasteiger partial charge in [-0.2, -0.15) is 5.10 Å². The van der Waals surface area contributed by atoms with Gasteiger partial charge >= 0.3 is 0 Å². The summed E-state index contributed by atoms with van der Waals surface area (Å²) in [5.74, 6) is 0.633. The van der Waals surface area contributed by atoms with Crippen molar-refractivity contribution in [3.63, 3.8) is 0 Å². The van der Waals surface area contributed by atoms with Crippen LogP contribution in [0.5, 0.6) is 0 Å². The standard InChI is InChI=1S/C17H25N3/c1-5-13(3)14-7-9-16(10-8-14)18-11-15-12-20(4)19-17(15)6-2/h7-10,12-13,18H,5-6,11H2,1-4H3. The highest BCUT2D eigenvalue weighted by atomic mass is 15.3. The second kappa shape index (κ2) is 6.60. The van der Waals surface area contributed by atoms with Crippen LogP contribution in [0.4, 0.5) is 5.69 Å². The van der Waals surface area contributed by atoms with Gasteiger partial charge in [0.25, 0.3) is 0 Å². The SMILES string of the molecule is CCc1nn(C)cc1CNc1ccc(C(C)CC)cc1. The number of hydrogen-bond acceptors (Lipinski definition) is 2. The number of hydrogen-bond donors (Lipinski definition) is 1. The Morgan fingerprint density at radius 1 is 1.20 bits per heavy atom. The van der Waals surface area contributed by atoms with Crippen LogP contribution in [0.2, 0.25) is 0 Å². The Balaban J connectivity index is 2.00. The van der Waals surface area contributed by atoms with Crippen molar-refractivity contribution in [2.75, 3.05) is 5.32 Å². The van der Waals surface area contributed by atoms with E-state index in [1.54, 1.807) is 0 Å². The lowest BCUT2D eigenvalue weighted by Gasteiger charge is -2.11. The summed E-state index contributed by atoms with van der Waals surface area (Å²) in [7, 11) is 1.98. The van der Waals surface area contributed by atoms with Crippen LogP contribution in [-0.2, 0) is 20.0 Å². The molecule has 1 atom stereocenters. The molecule has 3 nitrogen and oxygen atoms in total. The molecule has 1 aromatic carbocycles. The largest absolute Gasteiger partial charge is 0.381 e. The van der Waals surface area contributed by atoms with Crippen molar-refractivity contribution >= 4 is 5.69 Å². The monoisotopic (exact) mass is 271 g/mol. The van der Waals surface area contributed by atoms with Gasteiger partial charge in [0.1, 0.15) is 0 Å². The van der Waals surface area contributed by atoms with Crippen LogP contribution in [0.25, 0.3) is 0 Å². The van der Waals surface area contributed by atoms with Gasteiger partial charge in [-0.1, -0.05) is 32.9 Å². The third-order valence-corrected chi connectivity index (χ3v) is 3.90. The van der Waals surface area contributed by atoms with Crippen molar-refractivity contribution in [2.24, 2.45) is 7.05 Å². The predicted molar refractivity (Wildman–Crippen MR) is 85.1 cm³/mol. The van der Waals surface area contributed by atoms with Gasteiger partial charge in [0.05, 0.1) is 5.69 Å². The maximum absolute atomic E-state index is 4.47. The van der Waals surface area contributed by atoms with E-state index in [0.29, 0.717) is 5.92 Å². The molecule has 0 amide bonds. The molecule has 0 spiro atoms. The van der Waals surface area contributed by atoms with E-state index in [4.69, 9.17) is 0 Å². The highest BCUT2D eigenvalue weighted by Gasteiger charge is 2.06. The van der Waals surface area contributed by atoms with Crippen LogP contribution < -0.4 is 5.32 Å². The fourth-order valence-electron chi connectivity index (χ4n) is 2.39. The summed E-state index contributed by atoms with van der Waals surface area (Å²) < 4.78 is 1.89. The van der Waals surface area contributed by atoms with Gasteiger partial charge in [0, 0.05) is 31.0 Å². The van der Waals surface area contributed by atoms with Crippen LogP contribution >= 0.6 is 0 Å². The van der Waals surface area contributed by atoms with Crippen LogP contribution in [0.15, 0.2) is 30.5 Å². The molecule has 1 aromatic heterocycles. The topological polar surface area (TPSA) is 29.9 Å². The second-order valence-corrected chi connectivity index (χ2v) is 5.41. The molecule has 0 aliphatic rings. The minimum absolute atomic E-state index is 0.633. The summed E-state index contributed by atoms with van der Waals surface area (Å²) in [6.07, 6.45) is 4.26. The van der Waals surface area contributed by atoms with Gasteiger partial charge in [0.2, 0.25) is 0 Å². The molecule has 20 heavy (non-hydrogen) atoms. The Morgan fingerprint density at radius 2 is 1.90 bits per heavy atom. The van der Waals surface area contributed by atoms with Crippen molar-refractivity contribution < 1.29 is 0 Å². The first-order chi connectivity index (χ1) is 9.63. The van der Waals surface area contributed by atoms with Crippen LogP contribution in [0.3, 0.4) is 0 Å². The average Bonchev–Trinajstić information content (AvgIpc) is 2.85. The van der Waals surface area contributed by atoms with E-state index in [2.05, 4.69) is 61.6 Å². The summed E-state index contributed by atoms with van der Waals surface area (Å²) in [5.41, 5.74) is 5.04. The second-order valence-electron chi connectivity index (χ2n) is 5.41. The summed E-state index contributed by atoms with van der Waals surface area (Å²) in [6.45, 7) is 7.48. The highest BCUT2D eigenvalue weighted by molar-refractivity contribution is 5.45. The zero-order chi connectivity index (χ0) is 14.5. The molecule has 0 bridgehead atoms. The quantitative estimate of drug-likeness (QED) is 0.857. The van der Waals surface area contributed by atoms with Crippen LogP contribution in [0, 0.1) is 0 Å². The maximum atomic E-state index is 4.47. The number of nitrogens with zero attached hydrogens (tertiary/aromatic N) is 2. The molecule has 0 fully saturated rings. The maximum Gasteiger partial charge on any atom is 0.0671 e. The molecular weight excluding hydrogens is 246 g/mol. The molecule has 0 radical (unpaired) electrons. The molecule has 0 aliphatic carbocycles. The predicted octanol–water partition coefficient (Wildman–Crippen LogP) is 4.11. The number of rotatable bonds is 6. The smallest absolute Gasteiger partial charge is 0.0671 e. The number of benzene rings is 1. The van der Waals surface area contributed by atoms with E-state index in [9.17, 15) is 0 Å². The van der Waals surface area contributed by atoms with Gasteiger partial charge in [-0.15, -0.1) is 0 Å². The summed E-state index contributed by atoms with van der Waals surface area (Å²) in [6, 6.07) is 8.79. The highest BCUT2D eigenvalue weighted by Crippen LogP contribution is 2.21. The molecule has 0 aliphatic heterocycles. The zero-order valence-electron chi connectivity index (χ0n) is 13.0. The van der Waals surface area contributed by atoms with Crippen molar-refractivity contribution in [1.29, 1.82) is 0 Å². The molecule has 2 aromatic rings. The lowest BCUT2D eigenvalue weighted by atomic mass is 9.99. The minimum atomic E-state index is 0.633. The molecule has 108 valence electrons. The average molecular weight is 271 g/mol. The third kappa shape index (κ3) is 3.41. The fraction of sp³-hybridized carbons (Fsp3) is 0.471. The van der Waals surface area contributed by atoms with Crippen molar-refractivity contribution in [3.8, 4) is 0 Å². The Morgan fingerprint density at radius 3 is 2.50 bits per heavy atom. The number of aromatic nitrogens is 2. The van der Waals surface area contributed by atoms with Gasteiger partial charge in [-0.3, -0.25) is 4.68 Å². The first-order valence-electron chi connectivity index (χ1n) is 7.49. The first kappa shape index (κ1) is 14.6. The normalized spacial score (nSPS) is 12.4. The van der Waals surface area contributed by atoms with Crippen molar-refractivity contribution in [3.05, 3.63) is 47.3 Å². The third-order valence-electron chi connectivity index (χ3n) is 3.90. The molecule has 1 heterocycles. The summed E-state index contributed by atoms with van der Waals surface area (Å²) in [4.78, 5) is 0. The van der Waals surface area contributed by atoms with E-state index < -0.39 is 0 Å². The van der Waals surface area contributed by atoms with Crippen molar-refractivity contribution in [1.82, 2.24) is 9.78 Å². The van der Waals surface area contributed by atoms with E-state index in [1.165, 1.54) is 28.9 Å². The molecule has 0 saturated carbocycles.